The highest BCUT2D eigenvalue weighted by Gasteiger charge is 2.12. The van der Waals surface area contributed by atoms with Gasteiger partial charge >= 0.3 is 0 Å². The molecular formula is C10H18N2O2. The average Bonchev–Trinajstić information content (AvgIpc) is 2.14. The molecule has 0 saturated heterocycles. The van der Waals surface area contributed by atoms with Crippen LogP contribution in [0.2, 0.25) is 0 Å². The third-order valence-corrected chi connectivity index (χ3v) is 1.88. The average molecular weight is 198 g/mol. The number of carbonyl (C=O) groups is 1. The fourth-order valence-corrected chi connectivity index (χ4v) is 1.14. The normalized spacial score (nSPS) is 14.1. The largest absolute Gasteiger partial charge is 0.384 e. The fourth-order valence-electron chi connectivity index (χ4n) is 1.14. The van der Waals surface area contributed by atoms with E-state index in [1.165, 1.54) is 0 Å². The quantitative estimate of drug-likeness (QED) is 0.694. The zero-order chi connectivity index (χ0) is 11.0. The molecule has 0 spiro atoms. The highest BCUT2D eigenvalue weighted by Crippen LogP contribution is 2.02. The predicted octanol–water partition coefficient (Wildman–Crippen LogP) is 1.08. The van der Waals surface area contributed by atoms with E-state index in [4.69, 9.17) is 10.00 Å². The molecular weight excluding hydrogens is 180 g/mol. The van der Waals surface area contributed by atoms with Crippen LogP contribution in [0.1, 0.15) is 26.7 Å². The first-order valence-electron chi connectivity index (χ1n) is 4.81. The summed E-state index contributed by atoms with van der Waals surface area (Å²) >= 11 is 0. The maximum absolute atomic E-state index is 11.3. The maximum Gasteiger partial charge on any atom is 0.221 e. The van der Waals surface area contributed by atoms with Crippen molar-refractivity contribution in [2.75, 3.05) is 13.7 Å². The summed E-state index contributed by atoms with van der Waals surface area (Å²) in [6.07, 6.45) is 1.05. The van der Waals surface area contributed by atoms with E-state index >= 15 is 0 Å². The van der Waals surface area contributed by atoms with E-state index in [-0.39, 0.29) is 17.9 Å². The van der Waals surface area contributed by atoms with E-state index in [1.807, 2.05) is 19.9 Å². The first-order chi connectivity index (χ1) is 6.63. The van der Waals surface area contributed by atoms with E-state index in [0.29, 0.717) is 19.4 Å². The van der Waals surface area contributed by atoms with Crippen molar-refractivity contribution in [1.29, 1.82) is 5.26 Å². The lowest BCUT2D eigenvalue weighted by Gasteiger charge is -2.12. The Bertz CT molecular complexity index is 211. The molecule has 1 amide bonds. The monoisotopic (exact) mass is 198 g/mol. The first-order valence-corrected chi connectivity index (χ1v) is 4.81. The molecule has 0 rings (SSSR count). The molecule has 0 aromatic carbocycles. The zero-order valence-corrected chi connectivity index (χ0v) is 9.04. The van der Waals surface area contributed by atoms with Crippen molar-refractivity contribution in [3.05, 3.63) is 0 Å². The van der Waals surface area contributed by atoms with Gasteiger partial charge in [0.2, 0.25) is 5.91 Å². The molecule has 4 nitrogen and oxygen atoms in total. The molecule has 2 unspecified atom stereocenters. The highest BCUT2D eigenvalue weighted by atomic mass is 16.5. The van der Waals surface area contributed by atoms with Gasteiger partial charge in [0.25, 0.3) is 0 Å². The van der Waals surface area contributed by atoms with Gasteiger partial charge in [0, 0.05) is 20.1 Å². The van der Waals surface area contributed by atoms with Crippen LogP contribution >= 0.6 is 0 Å². The molecule has 2 atom stereocenters. The standard InChI is InChI=1S/C10H18N2O2/c1-4-9(6-11)12-10(13)5-8(2)7-14-3/h8-9H,4-5,7H2,1-3H3,(H,12,13). The molecule has 80 valence electrons. The van der Waals surface area contributed by atoms with Gasteiger partial charge < -0.3 is 10.1 Å². The Morgan fingerprint density at radius 1 is 1.64 bits per heavy atom. The Kier molecular flexibility index (Phi) is 6.77. The van der Waals surface area contributed by atoms with Crippen molar-refractivity contribution >= 4 is 5.91 Å². The molecule has 0 aromatic rings. The van der Waals surface area contributed by atoms with Crippen LogP contribution in [0.5, 0.6) is 0 Å². The molecule has 4 heteroatoms. The van der Waals surface area contributed by atoms with Crippen LogP contribution in [-0.2, 0) is 9.53 Å². The Balaban J connectivity index is 3.80. The maximum atomic E-state index is 11.3. The number of carbonyl (C=O) groups excluding carboxylic acids is 1. The van der Waals surface area contributed by atoms with Gasteiger partial charge in [-0.1, -0.05) is 13.8 Å². The summed E-state index contributed by atoms with van der Waals surface area (Å²) in [5, 5.41) is 11.3. The minimum absolute atomic E-state index is 0.0806. The van der Waals surface area contributed by atoms with Crippen LogP contribution < -0.4 is 5.32 Å². The molecule has 0 aromatic heterocycles. The van der Waals surface area contributed by atoms with E-state index < -0.39 is 0 Å². The molecule has 0 radical (unpaired) electrons. The molecule has 0 aliphatic heterocycles. The molecule has 0 saturated carbocycles. The Morgan fingerprint density at radius 2 is 2.29 bits per heavy atom. The third kappa shape index (κ3) is 5.55. The summed E-state index contributed by atoms with van der Waals surface area (Å²) in [7, 11) is 1.61. The van der Waals surface area contributed by atoms with Gasteiger partial charge in [-0.3, -0.25) is 4.79 Å². The second-order valence-corrected chi connectivity index (χ2v) is 3.42. The van der Waals surface area contributed by atoms with E-state index in [2.05, 4.69) is 5.32 Å². The number of methoxy groups -OCH3 is 1. The SMILES string of the molecule is CCC(C#N)NC(=O)CC(C)COC. The predicted molar refractivity (Wildman–Crippen MR) is 53.5 cm³/mol. The highest BCUT2D eigenvalue weighted by molar-refractivity contribution is 5.76. The first kappa shape index (κ1) is 12.9. The van der Waals surface area contributed by atoms with Crippen LogP contribution in [0.25, 0.3) is 0 Å². The minimum Gasteiger partial charge on any atom is -0.384 e. The van der Waals surface area contributed by atoms with Gasteiger partial charge in [0.05, 0.1) is 6.07 Å². The van der Waals surface area contributed by atoms with E-state index in [9.17, 15) is 4.79 Å². The van der Waals surface area contributed by atoms with Crippen LogP contribution in [0, 0.1) is 17.2 Å². The lowest BCUT2D eigenvalue weighted by atomic mass is 10.1. The fraction of sp³-hybridized carbons (Fsp3) is 0.800. The topological polar surface area (TPSA) is 62.1 Å². The van der Waals surface area contributed by atoms with Crippen molar-refractivity contribution in [3.63, 3.8) is 0 Å². The number of hydrogen-bond donors (Lipinski definition) is 1. The summed E-state index contributed by atoms with van der Waals surface area (Å²) in [5.74, 6) is 0.110. The van der Waals surface area contributed by atoms with Crippen molar-refractivity contribution in [2.24, 2.45) is 5.92 Å². The summed E-state index contributed by atoms with van der Waals surface area (Å²) in [5.41, 5.74) is 0. The van der Waals surface area contributed by atoms with Gasteiger partial charge in [0.1, 0.15) is 6.04 Å². The number of hydrogen-bond acceptors (Lipinski definition) is 3. The molecule has 1 N–H and O–H groups in total. The molecule has 0 bridgehead atoms. The van der Waals surface area contributed by atoms with Gasteiger partial charge in [-0.25, -0.2) is 0 Å². The smallest absolute Gasteiger partial charge is 0.221 e. The molecule has 14 heavy (non-hydrogen) atoms. The number of amides is 1. The summed E-state index contributed by atoms with van der Waals surface area (Å²) in [6.45, 7) is 4.37. The Hall–Kier alpha value is -1.08. The van der Waals surface area contributed by atoms with Crippen LogP contribution in [-0.4, -0.2) is 25.7 Å². The lowest BCUT2D eigenvalue weighted by molar-refractivity contribution is -0.122. The second-order valence-electron chi connectivity index (χ2n) is 3.42. The van der Waals surface area contributed by atoms with Crippen LogP contribution in [0.15, 0.2) is 0 Å². The Morgan fingerprint density at radius 3 is 2.71 bits per heavy atom. The molecule has 0 aliphatic rings. The summed E-state index contributed by atoms with van der Waals surface area (Å²) in [6, 6.07) is 1.66. The van der Waals surface area contributed by atoms with Crippen LogP contribution in [0.4, 0.5) is 0 Å². The van der Waals surface area contributed by atoms with Crippen molar-refractivity contribution in [3.8, 4) is 6.07 Å². The van der Waals surface area contributed by atoms with Crippen molar-refractivity contribution in [1.82, 2.24) is 5.32 Å². The molecule has 0 fully saturated rings. The number of ether oxygens (including phenoxy) is 1. The number of rotatable bonds is 6. The molecule has 0 aliphatic carbocycles. The second kappa shape index (κ2) is 7.34. The van der Waals surface area contributed by atoms with E-state index in [0.717, 1.165) is 0 Å². The number of nitrogens with zero attached hydrogens (tertiary/aromatic N) is 1. The van der Waals surface area contributed by atoms with Gasteiger partial charge in [0.15, 0.2) is 0 Å². The summed E-state index contributed by atoms with van der Waals surface area (Å²) < 4.78 is 4.92. The minimum atomic E-state index is -0.364. The van der Waals surface area contributed by atoms with Crippen molar-refractivity contribution < 1.29 is 9.53 Å². The van der Waals surface area contributed by atoms with Crippen molar-refractivity contribution in [2.45, 2.75) is 32.7 Å². The van der Waals surface area contributed by atoms with Crippen LogP contribution in [0.3, 0.4) is 0 Å². The van der Waals surface area contributed by atoms with Gasteiger partial charge in [-0.2, -0.15) is 5.26 Å². The summed E-state index contributed by atoms with van der Waals surface area (Å²) in [4.78, 5) is 11.3. The number of nitriles is 1. The Labute approximate surface area is 85.2 Å². The van der Waals surface area contributed by atoms with E-state index in [1.54, 1.807) is 7.11 Å². The lowest BCUT2D eigenvalue weighted by Crippen LogP contribution is -2.34. The number of nitrogens with one attached hydrogen (secondary N) is 1. The zero-order valence-electron chi connectivity index (χ0n) is 9.04. The van der Waals surface area contributed by atoms with Gasteiger partial charge in [-0.05, 0) is 12.3 Å². The third-order valence-electron chi connectivity index (χ3n) is 1.88. The molecule has 0 heterocycles. The van der Waals surface area contributed by atoms with Gasteiger partial charge in [-0.15, -0.1) is 0 Å².